The zero-order chi connectivity index (χ0) is 27.4. The van der Waals surface area contributed by atoms with Gasteiger partial charge in [-0.1, -0.05) is 35.9 Å². The van der Waals surface area contributed by atoms with E-state index in [0.717, 1.165) is 17.0 Å². The van der Waals surface area contributed by atoms with Gasteiger partial charge in [0.25, 0.3) is 11.8 Å². The molecule has 7 nitrogen and oxygen atoms in total. The van der Waals surface area contributed by atoms with Crippen LogP contribution in [0.1, 0.15) is 39.4 Å². The van der Waals surface area contributed by atoms with E-state index in [1.54, 1.807) is 0 Å². The molecule has 176 valence electrons. The van der Waals surface area contributed by atoms with E-state index in [2.05, 4.69) is 0 Å². The lowest BCUT2D eigenvalue weighted by Gasteiger charge is -2.42. The Hall–Kier alpha value is -3.01. The van der Waals surface area contributed by atoms with E-state index in [1.165, 1.54) is 30.3 Å². The van der Waals surface area contributed by atoms with Crippen LogP contribution in [0.15, 0.2) is 42.5 Å². The summed E-state index contributed by atoms with van der Waals surface area (Å²) in [4.78, 5) is 51.8. The highest BCUT2D eigenvalue weighted by molar-refractivity contribution is 6.54. The Morgan fingerprint density at radius 1 is 1.14 bits per heavy atom. The number of hydrogen-bond donors (Lipinski definition) is 0. The number of halogens is 3. The molecule has 15 heteroatoms. The molecule has 0 saturated carbocycles. The van der Waals surface area contributed by atoms with Crippen molar-refractivity contribution in [1.82, 2.24) is 14.5 Å². The number of benzene rings is 2. The molecular weight excluding hydrogens is 498 g/mol. The van der Waals surface area contributed by atoms with Gasteiger partial charge in [0.15, 0.2) is 0 Å². The van der Waals surface area contributed by atoms with Crippen LogP contribution in [0.3, 0.4) is 0 Å². The molecule has 0 spiro atoms. The molecule has 0 N–H and O–H groups in total. The monoisotopic (exact) mass is 511 g/mol. The lowest BCUT2D eigenvalue weighted by molar-refractivity contribution is -0.154. The molecule has 10 radical (unpaired) electrons. The topological polar surface area (TPSA) is 78.0 Å². The molecule has 2 atom stereocenters. The molecule has 4 amide bonds. The van der Waals surface area contributed by atoms with Crippen molar-refractivity contribution in [2.75, 3.05) is 0 Å². The SMILES string of the molecule is [B]C(c1ccc2c(c1)CN(C1CC([B])([B])C(=O)N([B])C1=O)C2=O)N([B])C(=O)C(F)(F)c1ccc(Cl)cc1. The fourth-order valence-corrected chi connectivity index (χ4v) is 4.38. The zero-order valence-electron chi connectivity index (χ0n) is 19.1. The highest BCUT2D eigenvalue weighted by atomic mass is 35.5. The predicted octanol–water partition coefficient (Wildman–Crippen LogP) is 0.831. The Kier molecular flexibility index (Phi) is 6.86. The predicted molar refractivity (Wildman–Crippen MR) is 133 cm³/mol. The number of piperidine rings is 1. The first kappa shape index (κ1) is 27.0. The summed E-state index contributed by atoms with van der Waals surface area (Å²) in [5, 5.41) is -1.76. The Balaban J connectivity index is 1.55. The zero-order valence-corrected chi connectivity index (χ0v) is 19.9. The smallest absolute Gasteiger partial charge is 0.348 e. The van der Waals surface area contributed by atoms with Crippen LogP contribution in [0.2, 0.25) is 10.2 Å². The van der Waals surface area contributed by atoms with Crippen LogP contribution in [0, 0.1) is 0 Å². The highest BCUT2D eigenvalue weighted by Crippen LogP contribution is 2.38. The molecule has 37 heavy (non-hydrogen) atoms. The first-order valence-electron chi connectivity index (χ1n) is 10.8. The normalized spacial score (nSPS) is 20.1. The van der Waals surface area contributed by atoms with Crippen LogP contribution in [-0.4, -0.2) is 83.7 Å². The van der Waals surface area contributed by atoms with E-state index in [-0.39, 0.29) is 38.7 Å². The lowest BCUT2D eigenvalue weighted by Crippen LogP contribution is -2.59. The van der Waals surface area contributed by atoms with Gasteiger partial charge in [-0.25, -0.2) is 0 Å². The summed E-state index contributed by atoms with van der Waals surface area (Å²) in [6.45, 7) is -0.122. The van der Waals surface area contributed by atoms with Crippen molar-refractivity contribution in [1.29, 1.82) is 0 Å². The minimum Gasteiger partial charge on any atom is -0.393 e. The van der Waals surface area contributed by atoms with Gasteiger partial charge in [-0.2, -0.15) is 8.78 Å². The number of hydrogen-bond acceptors (Lipinski definition) is 4. The third-order valence-corrected chi connectivity index (χ3v) is 6.61. The maximum atomic E-state index is 14.8. The molecule has 4 rings (SSSR count). The summed E-state index contributed by atoms with van der Waals surface area (Å²) >= 11 is 5.72. The minimum atomic E-state index is -4.00. The van der Waals surface area contributed by atoms with E-state index in [4.69, 9.17) is 51.1 Å². The fraction of sp³-hybridized carbons (Fsp3) is 0.273. The van der Waals surface area contributed by atoms with Crippen LogP contribution < -0.4 is 0 Å². The molecule has 0 aliphatic carbocycles. The molecule has 1 fully saturated rings. The molecular formula is C22H13B5ClF2N3O4. The Morgan fingerprint density at radius 2 is 1.76 bits per heavy atom. The number of fused-ring (bicyclic) bond motifs is 1. The van der Waals surface area contributed by atoms with Crippen molar-refractivity contribution < 1.29 is 28.0 Å². The minimum absolute atomic E-state index is 0.122. The van der Waals surface area contributed by atoms with Crippen molar-refractivity contribution in [3.8, 4) is 0 Å². The third-order valence-electron chi connectivity index (χ3n) is 6.36. The number of carbonyl (C=O) groups is 4. The van der Waals surface area contributed by atoms with Gasteiger partial charge in [-0.05, 0) is 41.0 Å². The molecule has 2 aromatic carbocycles. The Morgan fingerprint density at radius 3 is 2.38 bits per heavy atom. The summed E-state index contributed by atoms with van der Waals surface area (Å²) < 4.78 is 29.6. The standard InChI is InChI=1S/C22H13B5ClF2N3O4/c23-16(32(26)20(37)22(29,30)12-2-4-13(28)5-3-12)10-1-6-14-11(7-10)9-31(17(14)34)15-8-21(24,25)19(36)33(27)18(15)35/h1-7,15-16H,8-9H2. The largest absolute Gasteiger partial charge is 0.393 e. The molecule has 2 aliphatic rings. The van der Waals surface area contributed by atoms with Crippen molar-refractivity contribution in [2.45, 2.75) is 36.1 Å². The van der Waals surface area contributed by atoms with Gasteiger partial charge in [0.05, 0.1) is 15.7 Å². The second-order valence-corrected chi connectivity index (χ2v) is 9.30. The van der Waals surface area contributed by atoms with Gasteiger partial charge in [0, 0.05) is 28.6 Å². The molecule has 2 unspecified atom stereocenters. The quantitative estimate of drug-likeness (QED) is 0.441. The van der Waals surface area contributed by atoms with Crippen molar-refractivity contribution in [3.05, 3.63) is 69.7 Å². The molecule has 2 aromatic rings. The van der Waals surface area contributed by atoms with Gasteiger partial charge in [-0.3, -0.25) is 19.2 Å². The Labute approximate surface area is 222 Å². The maximum absolute atomic E-state index is 14.8. The molecule has 2 aliphatic heterocycles. The number of rotatable bonds is 5. The van der Waals surface area contributed by atoms with Gasteiger partial charge in [0.2, 0.25) is 27.8 Å². The van der Waals surface area contributed by atoms with Gasteiger partial charge in [-0.15, -0.1) is 0 Å². The summed E-state index contributed by atoms with van der Waals surface area (Å²) in [5.74, 6) is -9.68. The average molecular weight is 511 g/mol. The first-order chi connectivity index (χ1) is 17.2. The second-order valence-electron chi connectivity index (χ2n) is 8.86. The number of amides is 4. The van der Waals surface area contributed by atoms with E-state index in [0.29, 0.717) is 5.56 Å². The first-order valence-corrected chi connectivity index (χ1v) is 11.2. The van der Waals surface area contributed by atoms with Crippen molar-refractivity contribution in [3.63, 3.8) is 0 Å². The molecule has 1 saturated heterocycles. The number of nitrogens with zero attached hydrogens (tertiary/aromatic N) is 3. The summed E-state index contributed by atoms with van der Waals surface area (Å²) in [5.41, 5.74) is 0.0791. The van der Waals surface area contributed by atoms with Crippen LogP contribution in [0.4, 0.5) is 8.78 Å². The van der Waals surface area contributed by atoms with Gasteiger partial charge in [0.1, 0.15) is 13.9 Å². The van der Waals surface area contributed by atoms with E-state index < -0.39 is 52.3 Å². The fourth-order valence-electron chi connectivity index (χ4n) is 4.25. The van der Waals surface area contributed by atoms with Crippen LogP contribution in [0.5, 0.6) is 0 Å². The second kappa shape index (κ2) is 9.38. The van der Waals surface area contributed by atoms with E-state index in [9.17, 15) is 28.0 Å². The van der Waals surface area contributed by atoms with Crippen LogP contribution in [0.25, 0.3) is 0 Å². The average Bonchev–Trinajstić information content (AvgIpc) is 3.19. The molecule has 0 bridgehead atoms. The summed E-state index contributed by atoms with van der Waals surface area (Å²) in [7, 11) is 28.8. The highest BCUT2D eigenvalue weighted by Gasteiger charge is 2.48. The van der Waals surface area contributed by atoms with Crippen LogP contribution >= 0.6 is 11.6 Å². The number of carbonyl (C=O) groups excluding carboxylic acids is 4. The number of alkyl halides is 2. The van der Waals surface area contributed by atoms with E-state index >= 15 is 0 Å². The van der Waals surface area contributed by atoms with Crippen LogP contribution in [-0.2, 0) is 26.9 Å². The maximum Gasteiger partial charge on any atom is 0.348 e. The lowest BCUT2D eigenvalue weighted by atomic mass is 9.49. The number of imide groups is 1. The summed E-state index contributed by atoms with van der Waals surface area (Å²) in [6.07, 6.45) is -0.366. The summed E-state index contributed by atoms with van der Waals surface area (Å²) in [6, 6.07) is 7.29. The third kappa shape index (κ3) is 4.60. The van der Waals surface area contributed by atoms with Crippen molar-refractivity contribution >= 4 is 74.7 Å². The van der Waals surface area contributed by atoms with Crippen molar-refractivity contribution in [2.24, 2.45) is 0 Å². The van der Waals surface area contributed by atoms with Gasteiger partial charge < -0.3 is 14.5 Å². The Bertz CT molecular complexity index is 1310. The molecule has 2 heterocycles. The van der Waals surface area contributed by atoms with Gasteiger partial charge >= 0.3 is 5.92 Å². The van der Waals surface area contributed by atoms with E-state index in [1.807, 2.05) is 0 Å². The molecule has 0 aromatic heterocycles.